The minimum absolute atomic E-state index is 0.0992. The topological polar surface area (TPSA) is 4.93 Å². The second-order valence-corrected chi connectivity index (χ2v) is 12.3. The van der Waals surface area contributed by atoms with E-state index in [1.807, 2.05) is 12.1 Å². The van der Waals surface area contributed by atoms with E-state index in [1.54, 1.807) is 12.1 Å². The maximum absolute atomic E-state index is 14.0. The molecule has 7 aromatic carbocycles. The Hall–Kier alpha value is -5.21. The minimum Gasteiger partial charge on any atom is -0.308 e. The zero-order valence-corrected chi connectivity index (χ0v) is 24.0. The van der Waals surface area contributed by atoms with Crippen molar-refractivity contribution in [3.05, 3.63) is 150 Å². The molecule has 1 aromatic heterocycles. The van der Waals surface area contributed by atoms with Gasteiger partial charge in [-0.05, 0) is 74.5 Å². The Balaban J connectivity index is 1.47. The van der Waals surface area contributed by atoms with E-state index in [1.165, 1.54) is 60.5 Å². The number of halogens is 1. The molecule has 0 saturated carbocycles. The highest BCUT2D eigenvalue weighted by Gasteiger charge is 2.36. The van der Waals surface area contributed by atoms with Crippen LogP contribution in [-0.4, -0.2) is 4.57 Å². The molecule has 204 valence electrons. The molecule has 1 heterocycles. The van der Waals surface area contributed by atoms with Crippen molar-refractivity contribution in [2.24, 2.45) is 0 Å². The summed E-state index contributed by atoms with van der Waals surface area (Å²) < 4.78 is 16.5. The van der Waals surface area contributed by atoms with Gasteiger partial charge in [-0.2, -0.15) is 0 Å². The van der Waals surface area contributed by atoms with Crippen molar-refractivity contribution < 1.29 is 4.39 Å². The van der Waals surface area contributed by atoms with Crippen molar-refractivity contribution in [3.63, 3.8) is 0 Å². The minimum atomic E-state index is -0.225. The fraction of sp³-hybridized carbons (Fsp3) is 0.0732. The number of hydrogen-bond donors (Lipinski definition) is 0. The summed E-state index contributed by atoms with van der Waals surface area (Å²) in [6, 6.07) is 46.7. The van der Waals surface area contributed by atoms with Crippen LogP contribution in [0.3, 0.4) is 0 Å². The van der Waals surface area contributed by atoms with Gasteiger partial charge in [0, 0.05) is 27.0 Å². The van der Waals surface area contributed by atoms with Crippen LogP contribution in [0.1, 0.15) is 25.0 Å². The highest BCUT2D eigenvalue weighted by molar-refractivity contribution is 6.21. The first-order valence-corrected chi connectivity index (χ1v) is 14.9. The van der Waals surface area contributed by atoms with E-state index in [4.69, 9.17) is 0 Å². The van der Waals surface area contributed by atoms with E-state index in [2.05, 4.69) is 128 Å². The number of aromatic nitrogens is 1. The summed E-state index contributed by atoms with van der Waals surface area (Å²) in [6.07, 6.45) is 0. The van der Waals surface area contributed by atoms with Gasteiger partial charge >= 0.3 is 0 Å². The molecular formula is C41H28FN. The Bertz CT molecular complexity index is 2370. The Morgan fingerprint density at radius 1 is 0.488 bits per heavy atom. The Morgan fingerprint density at radius 3 is 1.77 bits per heavy atom. The first kappa shape index (κ1) is 24.4. The van der Waals surface area contributed by atoms with Crippen LogP contribution in [0.25, 0.3) is 71.3 Å². The quantitative estimate of drug-likeness (QED) is 0.188. The third kappa shape index (κ3) is 3.26. The first-order valence-electron chi connectivity index (χ1n) is 14.9. The Morgan fingerprint density at radius 2 is 1.07 bits per heavy atom. The lowest BCUT2D eigenvalue weighted by molar-refractivity contribution is 0.628. The van der Waals surface area contributed by atoms with E-state index in [0.29, 0.717) is 0 Å². The Kier molecular flexibility index (Phi) is 4.91. The maximum Gasteiger partial charge on any atom is 0.123 e. The van der Waals surface area contributed by atoms with Crippen LogP contribution in [0.2, 0.25) is 0 Å². The summed E-state index contributed by atoms with van der Waals surface area (Å²) >= 11 is 0. The fourth-order valence-corrected chi connectivity index (χ4v) is 7.68. The van der Waals surface area contributed by atoms with E-state index < -0.39 is 0 Å². The van der Waals surface area contributed by atoms with Crippen molar-refractivity contribution in [1.29, 1.82) is 0 Å². The summed E-state index contributed by atoms with van der Waals surface area (Å²) in [7, 11) is 0. The molecular weight excluding hydrogens is 525 g/mol. The summed E-state index contributed by atoms with van der Waals surface area (Å²) in [5.41, 5.74) is 11.0. The molecule has 0 fully saturated rings. The van der Waals surface area contributed by atoms with Crippen LogP contribution in [-0.2, 0) is 5.41 Å². The van der Waals surface area contributed by atoms with Crippen LogP contribution in [0.4, 0.5) is 4.39 Å². The second kappa shape index (κ2) is 8.65. The normalized spacial score (nSPS) is 13.7. The van der Waals surface area contributed by atoms with Crippen molar-refractivity contribution in [2.75, 3.05) is 0 Å². The molecule has 0 spiro atoms. The van der Waals surface area contributed by atoms with Crippen LogP contribution in [0, 0.1) is 5.82 Å². The van der Waals surface area contributed by atoms with Gasteiger partial charge in [-0.15, -0.1) is 0 Å². The maximum atomic E-state index is 14.0. The highest BCUT2D eigenvalue weighted by Crippen LogP contribution is 2.51. The van der Waals surface area contributed by atoms with Gasteiger partial charge in [-0.25, -0.2) is 4.39 Å². The predicted octanol–water partition coefficient (Wildman–Crippen LogP) is 11.2. The molecule has 2 heteroatoms. The van der Waals surface area contributed by atoms with Crippen LogP contribution in [0.5, 0.6) is 0 Å². The number of benzene rings is 7. The average molecular weight is 554 g/mol. The standard InChI is InChI=1S/C41H28FN/c1-41(2)35-17-9-7-11-27(35)33-23-34-28-12-8-10-18-37(28)43(38(34)24-36(33)41)40-31-15-5-3-13-29(31)39(25-19-21-26(42)22-20-25)30-14-4-6-16-32(30)40/h3-24H,1-2H3. The molecule has 9 rings (SSSR count). The predicted molar refractivity (Wildman–Crippen MR) is 179 cm³/mol. The highest BCUT2D eigenvalue weighted by atomic mass is 19.1. The fourth-order valence-electron chi connectivity index (χ4n) is 7.68. The van der Waals surface area contributed by atoms with Crippen molar-refractivity contribution >= 4 is 43.4 Å². The number of rotatable bonds is 2. The Labute approximate surface area is 249 Å². The van der Waals surface area contributed by atoms with E-state index in [-0.39, 0.29) is 11.2 Å². The van der Waals surface area contributed by atoms with Gasteiger partial charge in [0.2, 0.25) is 0 Å². The first-order chi connectivity index (χ1) is 21.0. The van der Waals surface area contributed by atoms with E-state index in [9.17, 15) is 4.39 Å². The van der Waals surface area contributed by atoms with Crippen LogP contribution in [0.15, 0.2) is 133 Å². The van der Waals surface area contributed by atoms with Gasteiger partial charge in [0.25, 0.3) is 0 Å². The second-order valence-electron chi connectivity index (χ2n) is 12.3. The molecule has 0 radical (unpaired) electrons. The number of para-hydroxylation sites is 1. The molecule has 8 aromatic rings. The van der Waals surface area contributed by atoms with Gasteiger partial charge in [-0.3, -0.25) is 0 Å². The molecule has 0 saturated heterocycles. The van der Waals surface area contributed by atoms with Gasteiger partial charge in [0.1, 0.15) is 5.82 Å². The van der Waals surface area contributed by atoms with Crippen molar-refractivity contribution in [2.45, 2.75) is 19.3 Å². The van der Waals surface area contributed by atoms with Crippen LogP contribution >= 0.6 is 0 Å². The number of hydrogen-bond acceptors (Lipinski definition) is 0. The van der Waals surface area contributed by atoms with Gasteiger partial charge in [-0.1, -0.05) is 117 Å². The third-order valence-corrected chi connectivity index (χ3v) is 9.64. The van der Waals surface area contributed by atoms with Gasteiger partial charge in [0.15, 0.2) is 0 Å². The zero-order valence-electron chi connectivity index (χ0n) is 24.0. The molecule has 0 amide bonds. The lowest BCUT2D eigenvalue weighted by Gasteiger charge is -2.22. The van der Waals surface area contributed by atoms with Crippen LogP contribution < -0.4 is 0 Å². The molecule has 0 atom stereocenters. The SMILES string of the molecule is CC1(C)c2ccccc2-c2cc3c4ccccc4n(-c4c5ccccc5c(-c5ccc(F)cc5)c5ccccc45)c3cc21. The zero-order chi connectivity index (χ0) is 28.9. The monoisotopic (exact) mass is 553 g/mol. The third-order valence-electron chi connectivity index (χ3n) is 9.64. The summed E-state index contributed by atoms with van der Waals surface area (Å²) in [4.78, 5) is 0. The molecule has 0 N–H and O–H groups in total. The number of fused-ring (bicyclic) bond motifs is 8. The molecule has 43 heavy (non-hydrogen) atoms. The molecule has 1 aliphatic rings. The molecule has 0 unspecified atom stereocenters. The molecule has 1 aliphatic carbocycles. The van der Waals surface area contributed by atoms with E-state index in [0.717, 1.165) is 21.9 Å². The smallest absolute Gasteiger partial charge is 0.123 e. The summed E-state index contributed by atoms with van der Waals surface area (Å²) in [6.45, 7) is 4.69. The number of nitrogens with zero attached hydrogens (tertiary/aromatic N) is 1. The van der Waals surface area contributed by atoms with Crippen molar-refractivity contribution in [3.8, 4) is 27.9 Å². The molecule has 0 bridgehead atoms. The van der Waals surface area contributed by atoms with Crippen molar-refractivity contribution in [1.82, 2.24) is 4.57 Å². The largest absolute Gasteiger partial charge is 0.308 e. The molecule has 1 nitrogen and oxygen atoms in total. The summed E-state index contributed by atoms with van der Waals surface area (Å²) in [5.74, 6) is -0.225. The van der Waals surface area contributed by atoms with Gasteiger partial charge in [0.05, 0.1) is 16.7 Å². The summed E-state index contributed by atoms with van der Waals surface area (Å²) in [5, 5.41) is 7.17. The lowest BCUT2D eigenvalue weighted by atomic mass is 9.82. The average Bonchev–Trinajstić information content (AvgIpc) is 3.48. The van der Waals surface area contributed by atoms with Gasteiger partial charge < -0.3 is 4.57 Å². The lowest BCUT2D eigenvalue weighted by Crippen LogP contribution is -2.15. The molecule has 0 aliphatic heterocycles. The van der Waals surface area contributed by atoms with E-state index >= 15 is 0 Å².